The topological polar surface area (TPSA) is 88.1 Å². The maximum Gasteiger partial charge on any atom is 0.276 e. The van der Waals surface area contributed by atoms with Gasteiger partial charge in [0, 0.05) is 25.4 Å². The zero-order chi connectivity index (χ0) is 16.4. The Morgan fingerprint density at radius 3 is 2.45 bits per heavy atom. The highest BCUT2D eigenvalue weighted by atomic mass is 32.1. The van der Waals surface area contributed by atoms with Gasteiger partial charge >= 0.3 is 0 Å². The molecule has 0 saturated carbocycles. The molecule has 0 radical (unpaired) electrons. The van der Waals surface area contributed by atoms with Crippen molar-refractivity contribution in [3.63, 3.8) is 0 Å². The van der Waals surface area contributed by atoms with E-state index in [1.165, 1.54) is 11.2 Å². The van der Waals surface area contributed by atoms with Crippen LogP contribution in [0.2, 0.25) is 0 Å². The number of thiazole rings is 1. The maximum atomic E-state index is 12.3. The molecule has 0 unspecified atom stereocenters. The molecule has 2 aromatic heterocycles. The van der Waals surface area contributed by atoms with Crippen LogP contribution in [-0.4, -0.2) is 45.8 Å². The van der Waals surface area contributed by atoms with Crippen LogP contribution in [0.3, 0.4) is 0 Å². The van der Waals surface area contributed by atoms with E-state index in [4.69, 9.17) is 0 Å². The van der Waals surface area contributed by atoms with Gasteiger partial charge in [0.25, 0.3) is 11.8 Å². The van der Waals surface area contributed by atoms with Crippen molar-refractivity contribution in [2.75, 3.05) is 19.4 Å². The van der Waals surface area contributed by atoms with Crippen LogP contribution < -0.4 is 5.32 Å². The molecule has 0 aliphatic heterocycles. The molecule has 0 fully saturated rings. The van der Waals surface area contributed by atoms with Crippen molar-refractivity contribution in [1.29, 1.82) is 0 Å². The number of nitrogens with one attached hydrogen (secondary N) is 1. The largest absolute Gasteiger partial charge is 0.344 e. The number of hydrogen-bond donors (Lipinski definition) is 1. The number of aromatic nitrogens is 3. The Balaban J connectivity index is 2.24. The van der Waals surface area contributed by atoms with Gasteiger partial charge in [-0.15, -0.1) is 0 Å². The van der Waals surface area contributed by atoms with Crippen LogP contribution in [0.1, 0.15) is 37.1 Å². The molecular weight excluding hydrogens is 302 g/mol. The number of rotatable bonds is 3. The van der Waals surface area contributed by atoms with Gasteiger partial charge in [0.2, 0.25) is 0 Å². The number of carbonyl (C=O) groups excluding carboxylic acids is 2. The Bertz CT molecular complexity index is 739. The molecule has 0 atom stereocenters. The van der Waals surface area contributed by atoms with Crippen LogP contribution in [-0.2, 0) is 0 Å². The van der Waals surface area contributed by atoms with Crippen molar-refractivity contribution in [1.82, 2.24) is 19.9 Å². The summed E-state index contributed by atoms with van der Waals surface area (Å²) >= 11 is 1.15. The lowest BCUT2D eigenvalue weighted by Crippen LogP contribution is -2.21. The Hall–Kier alpha value is -2.35. The standard InChI is InChI=1S/C14H17N5O2S/c1-7-8(2)15-6-16-10(7)12(20)18-14-17-9(3)11(22-14)13(21)19(4)5/h6H,1-5H3,(H,17,18,20). The first-order valence-corrected chi connectivity index (χ1v) is 7.41. The molecule has 0 bridgehead atoms. The summed E-state index contributed by atoms with van der Waals surface area (Å²) in [4.78, 5) is 38.5. The quantitative estimate of drug-likeness (QED) is 0.932. The summed E-state index contributed by atoms with van der Waals surface area (Å²) in [7, 11) is 3.35. The van der Waals surface area contributed by atoms with Gasteiger partial charge in [-0.1, -0.05) is 11.3 Å². The fraction of sp³-hybridized carbons (Fsp3) is 0.357. The molecule has 0 aromatic carbocycles. The summed E-state index contributed by atoms with van der Waals surface area (Å²) in [6.45, 7) is 5.34. The van der Waals surface area contributed by atoms with E-state index in [0.717, 1.165) is 22.6 Å². The van der Waals surface area contributed by atoms with E-state index in [-0.39, 0.29) is 11.8 Å². The predicted molar refractivity (Wildman–Crippen MR) is 84.3 cm³/mol. The summed E-state index contributed by atoms with van der Waals surface area (Å²) < 4.78 is 0. The number of hydrogen-bond acceptors (Lipinski definition) is 6. The third-order valence-corrected chi connectivity index (χ3v) is 4.23. The normalized spacial score (nSPS) is 10.4. The predicted octanol–water partition coefficient (Wildman–Crippen LogP) is 1.81. The van der Waals surface area contributed by atoms with Crippen LogP contribution >= 0.6 is 11.3 Å². The Morgan fingerprint density at radius 1 is 1.14 bits per heavy atom. The van der Waals surface area contributed by atoms with Crippen LogP contribution in [0.15, 0.2) is 6.33 Å². The first-order chi connectivity index (χ1) is 10.3. The Morgan fingerprint density at radius 2 is 1.82 bits per heavy atom. The summed E-state index contributed by atoms with van der Waals surface area (Å²) in [5.74, 6) is -0.495. The van der Waals surface area contributed by atoms with E-state index in [9.17, 15) is 9.59 Å². The average Bonchev–Trinajstić information content (AvgIpc) is 2.81. The fourth-order valence-electron chi connectivity index (χ4n) is 1.77. The molecule has 2 heterocycles. The zero-order valence-corrected chi connectivity index (χ0v) is 13.9. The molecule has 8 heteroatoms. The average molecular weight is 319 g/mol. The first-order valence-electron chi connectivity index (χ1n) is 6.60. The van der Waals surface area contributed by atoms with Crippen molar-refractivity contribution in [2.24, 2.45) is 0 Å². The second kappa shape index (κ2) is 6.18. The SMILES string of the molecule is Cc1nc(NC(=O)c2ncnc(C)c2C)sc1C(=O)N(C)C. The van der Waals surface area contributed by atoms with Gasteiger partial charge in [0.15, 0.2) is 5.13 Å². The molecule has 0 spiro atoms. The van der Waals surface area contributed by atoms with Crippen LogP contribution in [0.4, 0.5) is 5.13 Å². The van der Waals surface area contributed by atoms with E-state index in [0.29, 0.717) is 21.4 Å². The monoisotopic (exact) mass is 319 g/mol. The first kappa shape index (κ1) is 16.0. The minimum Gasteiger partial charge on any atom is -0.344 e. The summed E-state index contributed by atoms with van der Waals surface area (Å²) in [5.41, 5.74) is 2.37. The molecule has 0 aliphatic carbocycles. The van der Waals surface area contributed by atoms with Crippen molar-refractivity contribution < 1.29 is 9.59 Å². The number of aryl methyl sites for hydroxylation is 2. The second-order valence-corrected chi connectivity index (χ2v) is 6.02. The molecule has 1 N–H and O–H groups in total. The van der Waals surface area contributed by atoms with E-state index >= 15 is 0 Å². The lowest BCUT2D eigenvalue weighted by Gasteiger charge is -2.07. The number of carbonyl (C=O) groups is 2. The van der Waals surface area contributed by atoms with Crippen molar-refractivity contribution in [3.8, 4) is 0 Å². The molecule has 116 valence electrons. The lowest BCUT2D eigenvalue weighted by atomic mass is 10.2. The zero-order valence-electron chi connectivity index (χ0n) is 13.1. The van der Waals surface area contributed by atoms with Crippen molar-refractivity contribution >= 4 is 28.3 Å². The summed E-state index contributed by atoms with van der Waals surface area (Å²) in [6.07, 6.45) is 1.35. The van der Waals surface area contributed by atoms with Crippen LogP contribution in [0, 0.1) is 20.8 Å². The lowest BCUT2D eigenvalue weighted by molar-refractivity contribution is 0.0831. The van der Waals surface area contributed by atoms with Crippen LogP contribution in [0.25, 0.3) is 0 Å². The van der Waals surface area contributed by atoms with E-state index in [1.54, 1.807) is 27.9 Å². The highest BCUT2D eigenvalue weighted by Gasteiger charge is 2.19. The van der Waals surface area contributed by atoms with Gasteiger partial charge in [-0.2, -0.15) is 0 Å². The Labute approximate surface area is 132 Å². The Kier molecular flexibility index (Phi) is 4.51. The minimum absolute atomic E-state index is 0.135. The maximum absolute atomic E-state index is 12.3. The number of amides is 2. The highest BCUT2D eigenvalue weighted by Crippen LogP contribution is 2.24. The fourth-order valence-corrected chi connectivity index (χ4v) is 2.76. The molecule has 2 amide bonds. The van der Waals surface area contributed by atoms with Gasteiger partial charge in [0.1, 0.15) is 16.9 Å². The van der Waals surface area contributed by atoms with Crippen LogP contribution in [0.5, 0.6) is 0 Å². The smallest absolute Gasteiger partial charge is 0.276 e. The second-order valence-electron chi connectivity index (χ2n) is 5.02. The molecule has 7 nitrogen and oxygen atoms in total. The van der Waals surface area contributed by atoms with Gasteiger partial charge in [-0.25, -0.2) is 15.0 Å². The van der Waals surface area contributed by atoms with E-state index in [2.05, 4.69) is 20.3 Å². The van der Waals surface area contributed by atoms with Gasteiger partial charge in [-0.3, -0.25) is 14.9 Å². The van der Waals surface area contributed by atoms with Gasteiger partial charge in [0.05, 0.1) is 5.69 Å². The molecule has 2 rings (SSSR count). The van der Waals surface area contributed by atoms with E-state index < -0.39 is 0 Å². The molecule has 0 aliphatic rings. The molecule has 2 aromatic rings. The number of nitrogens with zero attached hydrogens (tertiary/aromatic N) is 4. The molecule has 0 saturated heterocycles. The third kappa shape index (κ3) is 3.11. The minimum atomic E-state index is -0.361. The van der Waals surface area contributed by atoms with Gasteiger partial charge in [-0.05, 0) is 20.8 Å². The third-order valence-electron chi connectivity index (χ3n) is 3.17. The molecular formula is C14H17N5O2S. The summed E-state index contributed by atoms with van der Waals surface area (Å²) in [6, 6.07) is 0. The summed E-state index contributed by atoms with van der Waals surface area (Å²) in [5, 5.41) is 3.07. The van der Waals surface area contributed by atoms with Crippen molar-refractivity contribution in [3.05, 3.63) is 33.8 Å². The number of anilines is 1. The van der Waals surface area contributed by atoms with Crippen molar-refractivity contribution in [2.45, 2.75) is 20.8 Å². The molecule has 22 heavy (non-hydrogen) atoms. The highest BCUT2D eigenvalue weighted by molar-refractivity contribution is 7.17. The van der Waals surface area contributed by atoms with E-state index in [1.807, 2.05) is 6.92 Å². The van der Waals surface area contributed by atoms with Gasteiger partial charge < -0.3 is 4.90 Å².